The smallest absolute Gasteiger partial charge is 0.307 e. The van der Waals surface area contributed by atoms with Crippen LogP contribution in [-0.2, 0) is 45.0 Å². The molecular formula is C35H32ClFN2O5. The summed E-state index contributed by atoms with van der Waals surface area (Å²) in [6.07, 6.45) is 0.697. The van der Waals surface area contributed by atoms with Crippen molar-refractivity contribution in [2.45, 2.75) is 37.8 Å². The lowest BCUT2D eigenvalue weighted by atomic mass is 9.93. The van der Waals surface area contributed by atoms with Gasteiger partial charge in [-0.1, -0.05) is 66.2 Å². The van der Waals surface area contributed by atoms with Gasteiger partial charge in [0.1, 0.15) is 23.7 Å². The Morgan fingerprint density at radius 3 is 2.20 bits per heavy atom. The summed E-state index contributed by atoms with van der Waals surface area (Å²) in [4.78, 5) is 38.6. The molecule has 1 unspecified atom stereocenters. The number of carbonyl (C=O) groups excluding carboxylic acids is 3. The van der Waals surface area contributed by atoms with Gasteiger partial charge >= 0.3 is 5.97 Å². The van der Waals surface area contributed by atoms with Crippen LogP contribution in [0.3, 0.4) is 0 Å². The molecule has 2 N–H and O–H groups in total. The lowest BCUT2D eigenvalue weighted by Crippen LogP contribution is -2.60. The van der Waals surface area contributed by atoms with E-state index in [0.717, 1.165) is 33.4 Å². The number of rotatable bonds is 11. The highest BCUT2D eigenvalue weighted by Gasteiger charge is 2.45. The topological polar surface area (TPSA) is 93.7 Å². The van der Waals surface area contributed by atoms with E-state index in [4.69, 9.17) is 16.3 Å². The molecule has 1 aliphatic carbocycles. The fourth-order valence-electron chi connectivity index (χ4n) is 5.30. The minimum absolute atomic E-state index is 0.0233. The van der Waals surface area contributed by atoms with Crippen molar-refractivity contribution in [2.24, 2.45) is 0 Å². The summed E-state index contributed by atoms with van der Waals surface area (Å²) in [7, 11) is 1.29. The highest BCUT2D eigenvalue weighted by atomic mass is 35.5. The number of hydrogen-bond donors (Lipinski definition) is 2. The Labute approximate surface area is 260 Å². The Morgan fingerprint density at radius 2 is 1.50 bits per heavy atom. The minimum Gasteiger partial charge on any atom is -0.489 e. The Bertz CT molecular complexity index is 1640. The number of methoxy groups -OCH3 is 1. The number of halogens is 2. The van der Waals surface area contributed by atoms with Crippen LogP contribution in [0.2, 0.25) is 5.02 Å². The second-order valence-corrected chi connectivity index (χ2v) is 11.2. The second kappa shape index (κ2) is 13.7. The third-order valence-electron chi connectivity index (χ3n) is 7.63. The van der Waals surface area contributed by atoms with Crippen LogP contribution >= 0.6 is 11.6 Å². The standard InChI is InChI=1S/C35H32ClFN2O5/c1-43-33(41)16-17-38-34(42)35(20-27-7-6-26(19-28(27)21-35)25-8-10-29(36)11-9-25)39-32(40)18-23-4-14-31(15-5-23)44-22-24-2-12-30(37)13-3-24/h2-15,19H,16-18,20-22H2,1H3,(H,38,42)(H,39,40). The molecule has 0 aromatic heterocycles. The summed E-state index contributed by atoms with van der Waals surface area (Å²) >= 11 is 6.06. The third kappa shape index (κ3) is 7.63. The lowest BCUT2D eigenvalue weighted by Gasteiger charge is -2.29. The molecule has 9 heteroatoms. The maximum atomic E-state index is 13.6. The molecule has 0 aliphatic heterocycles. The molecule has 0 bridgehead atoms. The van der Waals surface area contributed by atoms with E-state index in [1.165, 1.54) is 19.2 Å². The fourth-order valence-corrected chi connectivity index (χ4v) is 5.43. The van der Waals surface area contributed by atoms with E-state index < -0.39 is 11.5 Å². The molecular weight excluding hydrogens is 583 g/mol. The van der Waals surface area contributed by atoms with Crippen molar-refractivity contribution in [3.05, 3.63) is 124 Å². The average Bonchev–Trinajstić information content (AvgIpc) is 3.40. The van der Waals surface area contributed by atoms with E-state index in [-0.39, 0.29) is 43.6 Å². The van der Waals surface area contributed by atoms with Crippen LogP contribution in [0.1, 0.15) is 28.7 Å². The molecule has 1 atom stereocenters. The molecule has 4 aromatic carbocycles. The van der Waals surface area contributed by atoms with Crippen molar-refractivity contribution >= 4 is 29.4 Å². The molecule has 1 aliphatic rings. The first-order valence-electron chi connectivity index (χ1n) is 14.2. The highest BCUT2D eigenvalue weighted by Crippen LogP contribution is 2.34. The van der Waals surface area contributed by atoms with Gasteiger partial charge in [-0.3, -0.25) is 14.4 Å². The van der Waals surface area contributed by atoms with E-state index >= 15 is 0 Å². The number of amides is 2. The number of esters is 1. The predicted octanol–water partition coefficient (Wildman–Crippen LogP) is 5.60. The first-order valence-corrected chi connectivity index (χ1v) is 14.6. The number of hydrogen-bond acceptors (Lipinski definition) is 5. The zero-order valence-corrected chi connectivity index (χ0v) is 25.0. The zero-order valence-electron chi connectivity index (χ0n) is 24.2. The highest BCUT2D eigenvalue weighted by molar-refractivity contribution is 6.30. The van der Waals surface area contributed by atoms with Gasteiger partial charge in [0.05, 0.1) is 20.0 Å². The molecule has 0 fully saturated rings. The molecule has 0 saturated carbocycles. The maximum absolute atomic E-state index is 13.6. The van der Waals surface area contributed by atoms with E-state index in [1.807, 2.05) is 42.5 Å². The first kappa shape index (κ1) is 30.8. The fraction of sp³-hybridized carbons (Fsp3) is 0.229. The van der Waals surface area contributed by atoms with Gasteiger partial charge in [0.2, 0.25) is 11.8 Å². The molecule has 7 nitrogen and oxygen atoms in total. The number of ether oxygens (including phenoxy) is 2. The molecule has 0 saturated heterocycles. The van der Waals surface area contributed by atoms with Gasteiger partial charge < -0.3 is 20.1 Å². The second-order valence-electron chi connectivity index (χ2n) is 10.8. The maximum Gasteiger partial charge on any atom is 0.307 e. The van der Waals surface area contributed by atoms with Crippen LogP contribution in [0.15, 0.2) is 91.0 Å². The van der Waals surface area contributed by atoms with E-state index in [0.29, 0.717) is 23.6 Å². The minimum atomic E-state index is -1.22. The third-order valence-corrected chi connectivity index (χ3v) is 7.88. The van der Waals surface area contributed by atoms with Crippen LogP contribution in [0.5, 0.6) is 5.75 Å². The van der Waals surface area contributed by atoms with Crippen LogP contribution in [0.25, 0.3) is 11.1 Å². The van der Waals surface area contributed by atoms with Gasteiger partial charge in [-0.2, -0.15) is 0 Å². The van der Waals surface area contributed by atoms with Crippen molar-refractivity contribution < 1.29 is 28.2 Å². The number of fused-ring (bicyclic) bond motifs is 1. The summed E-state index contributed by atoms with van der Waals surface area (Å²) in [5.74, 6) is -0.790. The molecule has 44 heavy (non-hydrogen) atoms. The van der Waals surface area contributed by atoms with Gasteiger partial charge in [-0.15, -0.1) is 0 Å². The van der Waals surface area contributed by atoms with Gasteiger partial charge in [-0.05, 0) is 69.8 Å². The van der Waals surface area contributed by atoms with Crippen LogP contribution in [0.4, 0.5) is 4.39 Å². The van der Waals surface area contributed by atoms with Crippen LogP contribution in [-0.4, -0.2) is 37.0 Å². The summed E-state index contributed by atoms with van der Waals surface area (Å²) in [5.41, 5.74) is 4.27. The Balaban J connectivity index is 1.27. The van der Waals surface area contributed by atoms with E-state index in [1.54, 1.807) is 36.4 Å². The van der Waals surface area contributed by atoms with Crippen molar-refractivity contribution in [3.63, 3.8) is 0 Å². The molecule has 5 rings (SSSR count). The lowest BCUT2D eigenvalue weighted by molar-refractivity contribution is -0.140. The summed E-state index contributed by atoms with van der Waals surface area (Å²) in [6.45, 7) is 0.378. The van der Waals surface area contributed by atoms with E-state index in [2.05, 4.69) is 15.4 Å². The van der Waals surface area contributed by atoms with Crippen molar-refractivity contribution in [2.75, 3.05) is 13.7 Å². The van der Waals surface area contributed by atoms with Crippen molar-refractivity contribution in [1.29, 1.82) is 0 Å². The van der Waals surface area contributed by atoms with E-state index in [9.17, 15) is 18.8 Å². The summed E-state index contributed by atoms with van der Waals surface area (Å²) < 4.78 is 23.6. The van der Waals surface area contributed by atoms with Crippen LogP contribution < -0.4 is 15.4 Å². The molecule has 0 heterocycles. The van der Waals surface area contributed by atoms with Gasteiger partial charge in [0, 0.05) is 24.4 Å². The Hall–Kier alpha value is -4.69. The molecule has 0 spiro atoms. The first-order chi connectivity index (χ1) is 21.2. The molecule has 226 valence electrons. The number of carbonyl (C=O) groups is 3. The number of benzene rings is 4. The van der Waals surface area contributed by atoms with Gasteiger partial charge in [0.15, 0.2) is 0 Å². The Morgan fingerprint density at radius 1 is 0.841 bits per heavy atom. The summed E-state index contributed by atoms with van der Waals surface area (Å²) in [6, 6.07) is 26.8. The van der Waals surface area contributed by atoms with Gasteiger partial charge in [-0.25, -0.2) is 4.39 Å². The monoisotopic (exact) mass is 614 g/mol. The Kier molecular flexibility index (Phi) is 9.60. The molecule has 2 amide bonds. The van der Waals surface area contributed by atoms with Crippen molar-refractivity contribution in [1.82, 2.24) is 10.6 Å². The molecule has 4 aromatic rings. The zero-order chi connectivity index (χ0) is 31.1. The van der Waals surface area contributed by atoms with Crippen molar-refractivity contribution in [3.8, 4) is 16.9 Å². The summed E-state index contributed by atoms with van der Waals surface area (Å²) in [5, 5.41) is 6.49. The predicted molar refractivity (Wildman–Crippen MR) is 166 cm³/mol. The normalized spacial score (nSPS) is 15.2. The average molecular weight is 615 g/mol. The molecule has 0 radical (unpaired) electrons. The van der Waals surface area contributed by atoms with Gasteiger partial charge in [0.25, 0.3) is 0 Å². The largest absolute Gasteiger partial charge is 0.489 e. The quantitative estimate of drug-likeness (QED) is 0.215. The SMILES string of the molecule is COC(=O)CCNC(=O)C1(NC(=O)Cc2ccc(OCc3ccc(F)cc3)cc2)Cc2ccc(-c3ccc(Cl)cc3)cc2C1. The number of nitrogens with one attached hydrogen (secondary N) is 2. The van der Waals surface area contributed by atoms with Crippen LogP contribution in [0, 0.1) is 5.82 Å².